The second-order valence-electron chi connectivity index (χ2n) is 23.5. The van der Waals surface area contributed by atoms with Gasteiger partial charge in [-0.15, -0.1) is 0 Å². The third-order valence-corrected chi connectivity index (χ3v) is 14.1. The van der Waals surface area contributed by atoms with E-state index in [2.05, 4.69) is 15.3 Å². The normalized spacial score (nSPS) is 11.2. The van der Waals surface area contributed by atoms with Gasteiger partial charge in [0.2, 0.25) is 0 Å². The second-order valence-corrected chi connectivity index (χ2v) is 23.5. The van der Waals surface area contributed by atoms with E-state index < -0.39 is 55.9 Å². The zero-order valence-electron chi connectivity index (χ0n) is 53.1. The number of hydrogen-bond donors (Lipinski definition) is 1. The third-order valence-electron chi connectivity index (χ3n) is 14.1. The number of rotatable bonds is 15. The molecule has 98 heavy (non-hydrogen) atoms. The van der Waals surface area contributed by atoms with Crippen molar-refractivity contribution in [2.45, 2.75) is 65.9 Å². The Bertz CT molecular complexity index is 5120. The van der Waals surface area contributed by atoms with Gasteiger partial charge in [0.1, 0.15) is 54.9 Å². The Hall–Kier alpha value is -13.3. The van der Waals surface area contributed by atoms with Crippen LogP contribution >= 0.6 is 0 Å². The van der Waals surface area contributed by atoms with E-state index in [1.807, 2.05) is 83.4 Å². The van der Waals surface area contributed by atoms with Crippen LogP contribution in [0, 0.1) is 30.3 Å². The molecule has 6 aromatic heterocycles. The number of anilines is 1. The smallest absolute Gasteiger partial charge is 0.487 e. The van der Waals surface area contributed by atoms with Gasteiger partial charge in [-0.05, 0) is 132 Å². The van der Waals surface area contributed by atoms with Gasteiger partial charge in [-0.2, -0.15) is 0 Å². The van der Waals surface area contributed by atoms with Crippen molar-refractivity contribution < 1.29 is 66.1 Å². The monoisotopic (exact) mass is 1320 g/mol. The zero-order chi connectivity index (χ0) is 69.4. The maximum atomic E-state index is 13.6. The Balaban J connectivity index is 0.000000149. The van der Waals surface area contributed by atoms with Crippen LogP contribution in [0.25, 0.3) is 67.9 Å². The highest BCUT2D eigenvalue weighted by Crippen LogP contribution is 2.38. The average molecular weight is 1320 g/mol. The van der Waals surface area contributed by atoms with Gasteiger partial charge in [0, 0.05) is 17.7 Å². The Morgan fingerprint density at radius 3 is 1.41 bits per heavy atom. The summed E-state index contributed by atoms with van der Waals surface area (Å²) in [5, 5.41) is 36.2. The molecule has 13 rings (SSSR count). The van der Waals surface area contributed by atoms with Crippen molar-refractivity contribution >= 4 is 80.5 Å². The maximum Gasteiger partial charge on any atom is 0.514 e. The van der Waals surface area contributed by atoms with Crippen LogP contribution in [0.2, 0.25) is 0 Å². The number of nitro groups is 3. The van der Waals surface area contributed by atoms with E-state index in [0.717, 1.165) is 32.8 Å². The van der Waals surface area contributed by atoms with Crippen molar-refractivity contribution in [1.82, 2.24) is 28.7 Å². The molecule has 1 amide bonds. The Morgan fingerprint density at radius 1 is 0.459 bits per heavy atom. The van der Waals surface area contributed by atoms with Crippen LogP contribution in [0.15, 0.2) is 226 Å². The Kier molecular flexibility index (Phi) is 19.0. The fraction of sp³-hybridized carbons (Fsp3) is 0.141. The predicted octanol–water partition coefficient (Wildman–Crippen LogP) is 16.3. The van der Waals surface area contributed by atoms with E-state index in [4.69, 9.17) is 37.2 Å². The standard InChI is InChI=1S/C25H16N4O5.C25H19N3O4.C21H23N3O8/c30-24(16-8-3-1-4-9-16)27-19-13-7-12-18-22(19)28(25(31)17-10-5-2-6-11-17)23(26-18)20-14-15-21(34-20)29(32)33;29-28(30)23-15-14-22(32-23)25-26-20-12-7-13-21(31-17-19-10-5-2-6-11-19)24(20)27(25)16-18-8-3-1-4-9-18;1-20(2,3)31-18(25)23-16-12(22-17(23)14-10-11-15(29-14)24(27)28)8-7-9-13(16)30-19(26)32-21(4,5)6/h1-15H,(H,27,30);1-15H,16-17H2;7-11H,1-6H3. The molecule has 7 aromatic carbocycles. The van der Waals surface area contributed by atoms with Gasteiger partial charge in [0.15, 0.2) is 40.5 Å². The number of para-hydroxylation sites is 3. The van der Waals surface area contributed by atoms with Crippen molar-refractivity contribution in [1.29, 1.82) is 0 Å². The largest absolute Gasteiger partial charge is 0.514 e. The van der Waals surface area contributed by atoms with Gasteiger partial charge in [-0.25, -0.2) is 29.1 Å². The molecule has 0 atom stereocenters. The molecule has 0 aliphatic carbocycles. The molecule has 0 fully saturated rings. The van der Waals surface area contributed by atoms with Crippen molar-refractivity contribution in [3.8, 4) is 46.3 Å². The molecule has 0 saturated carbocycles. The van der Waals surface area contributed by atoms with E-state index in [1.54, 1.807) is 139 Å². The van der Waals surface area contributed by atoms with Crippen LogP contribution in [0.4, 0.5) is 32.9 Å². The summed E-state index contributed by atoms with van der Waals surface area (Å²) in [4.78, 5) is 96.8. The lowest BCUT2D eigenvalue weighted by Crippen LogP contribution is -2.28. The summed E-state index contributed by atoms with van der Waals surface area (Å²) in [6, 6.07) is 60.4. The number of nitrogens with zero attached hydrogens (tertiary/aromatic N) is 9. The molecular formula is C71H58N10O17. The van der Waals surface area contributed by atoms with Gasteiger partial charge in [-0.1, -0.05) is 115 Å². The van der Waals surface area contributed by atoms with Crippen LogP contribution in [-0.2, 0) is 22.6 Å². The van der Waals surface area contributed by atoms with E-state index in [1.165, 1.54) is 34.9 Å². The molecule has 27 heteroatoms. The number of ether oxygens (including phenoxy) is 4. The first kappa shape index (κ1) is 66.1. The Labute approximate surface area is 555 Å². The first-order chi connectivity index (χ1) is 47.0. The van der Waals surface area contributed by atoms with Crippen LogP contribution in [0.1, 0.15) is 73.4 Å². The van der Waals surface area contributed by atoms with Crippen molar-refractivity contribution in [3.63, 3.8) is 0 Å². The van der Waals surface area contributed by atoms with Crippen molar-refractivity contribution in [2.75, 3.05) is 5.32 Å². The van der Waals surface area contributed by atoms with E-state index >= 15 is 0 Å². The molecular weight excluding hydrogens is 1260 g/mol. The molecule has 6 heterocycles. The lowest BCUT2D eigenvalue weighted by molar-refractivity contribution is -0.402. The molecule has 0 bridgehead atoms. The van der Waals surface area contributed by atoms with Crippen LogP contribution < -0.4 is 14.8 Å². The second kappa shape index (κ2) is 28.1. The molecule has 27 nitrogen and oxygen atoms in total. The van der Waals surface area contributed by atoms with E-state index in [-0.39, 0.29) is 51.7 Å². The molecule has 0 radical (unpaired) electrons. The number of carbonyl (C=O) groups excluding carboxylic acids is 4. The molecule has 0 aliphatic rings. The number of carbonyl (C=O) groups is 4. The fourth-order valence-electron chi connectivity index (χ4n) is 10.0. The van der Waals surface area contributed by atoms with E-state index in [9.17, 15) is 49.5 Å². The van der Waals surface area contributed by atoms with E-state index in [0.29, 0.717) is 58.3 Å². The maximum absolute atomic E-state index is 13.6. The number of benzene rings is 7. The number of hydrogen-bond acceptors (Lipinski definition) is 20. The minimum absolute atomic E-state index is 0.0117. The summed E-state index contributed by atoms with van der Waals surface area (Å²) in [6.45, 7) is 11.0. The number of aromatic nitrogens is 6. The predicted molar refractivity (Wildman–Crippen MR) is 358 cm³/mol. The minimum Gasteiger partial charge on any atom is -0.487 e. The van der Waals surface area contributed by atoms with Gasteiger partial charge >= 0.3 is 29.9 Å². The highest BCUT2D eigenvalue weighted by Gasteiger charge is 2.31. The van der Waals surface area contributed by atoms with Crippen LogP contribution in [-0.4, -0.2) is 78.7 Å². The van der Waals surface area contributed by atoms with Gasteiger partial charge in [-0.3, -0.25) is 44.5 Å². The van der Waals surface area contributed by atoms with Crippen LogP contribution in [0.3, 0.4) is 0 Å². The quantitative estimate of drug-likeness (QED) is 0.0431. The molecule has 13 aromatic rings. The molecule has 0 spiro atoms. The first-order valence-electron chi connectivity index (χ1n) is 30.0. The summed E-state index contributed by atoms with van der Waals surface area (Å²) < 4.78 is 42.6. The number of imidazole rings is 3. The van der Waals surface area contributed by atoms with Crippen molar-refractivity contribution in [2.24, 2.45) is 0 Å². The highest BCUT2D eigenvalue weighted by atomic mass is 16.7. The minimum atomic E-state index is -0.975. The molecule has 0 aliphatic heterocycles. The van der Waals surface area contributed by atoms with Gasteiger partial charge < -0.3 is 42.1 Å². The zero-order valence-corrected chi connectivity index (χ0v) is 53.1. The number of nitrogens with one attached hydrogen (secondary N) is 1. The summed E-state index contributed by atoms with van der Waals surface area (Å²) >= 11 is 0. The topological polar surface area (TPSA) is 340 Å². The molecule has 0 saturated heterocycles. The van der Waals surface area contributed by atoms with Crippen molar-refractivity contribution in [3.05, 3.63) is 265 Å². The molecule has 1 N–H and O–H groups in total. The third kappa shape index (κ3) is 15.2. The number of fused-ring (bicyclic) bond motifs is 3. The summed E-state index contributed by atoms with van der Waals surface area (Å²) in [5.74, 6) is -0.558. The highest BCUT2D eigenvalue weighted by molar-refractivity contribution is 6.12. The summed E-state index contributed by atoms with van der Waals surface area (Å²) in [5.41, 5.74) is 4.29. The summed E-state index contributed by atoms with van der Waals surface area (Å²) in [7, 11) is 0. The van der Waals surface area contributed by atoms with Crippen LogP contribution in [0.5, 0.6) is 11.5 Å². The summed E-state index contributed by atoms with van der Waals surface area (Å²) in [6.07, 6.45) is -1.81. The molecule has 494 valence electrons. The average Bonchev–Trinajstić information content (AvgIpc) is 1.62. The lowest BCUT2D eigenvalue weighted by Gasteiger charge is -2.21. The van der Waals surface area contributed by atoms with Gasteiger partial charge in [0.25, 0.3) is 11.8 Å². The number of amides is 1. The van der Waals surface area contributed by atoms with Gasteiger partial charge in [0.05, 0.1) is 40.4 Å². The number of furan rings is 3. The molecule has 0 unspecified atom stereocenters. The first-order valence-corrected chi connectivity index (χ1v) is 30.0. The Morgan fingerprint density at radius 2 is 0.898 bits per heavy atom. The fourth-order valence-corrected chi connectivity index (χ4v) is 10.0. The lowest BCUT2D eigenvalue weighted by atomic mass is 10.2. The SMILES string of the molecule is CC(C)(C)OC(=O)Oc1cccc2nc(-c3ccc([N+](=O)[O-])o3)n(C(=O)OC(C)(C)C)c12.O=C(Nc1cccc2nc(-c3ccc([N+](=O)[O-])o3)n(C(=O)c3ccccc3)c12)c1ccccc1.O=[N+]([O-])c1ccc(-c2nc3cccc(OCc4ccccc4)c3n2Cc2ccccc2)o1.